The van der Waals surface area contributed by atoms with Gasteiger partial charge in [-0.2, -0.15) is 0 Å². The fraction of sp³-hybridized carbons (Fsp3) is 0.500. The molecular weight excluding hydrogens is 408 g/mol. The summed E-state index contributed by atoms with van der Waals surface area (Å²) in [6.07, 6.45) is 4.20. The molecule has 124 valence electrons. The van der Waals surface area contributed by atoms with Crippen molar-refractivity contribution in [3.8, 4) is 0 Å². The van der Waals surface area contributed by atoms with E-state index in [1.165, 1.54) is 0 Å². The van der Waals surface area contributed by atoms with Crippen molar-refractivity contribution in [2.75, 3.05) is 25.9 Å². The molecule has 1 aromatic carbocycles. The van der Waals surface area contributed by atoms with Crippen LogP contribution in [-0.4, -0.2) is 31.1 Å². The topological polar surface area (TPSA) is 67.3 Å². The molecule has 0 atom stereocenters. The molecule has 0 aromatic heterocycles. The Bertz CT molecular complexity index is 486. The Morgan fingerprint density at radius 1 is 1.23 bits per heavy atom. The minimum absolute atomic E-state index is 0.505. The summed E-state index contributed by atoms with van der Waals surface area (Å²) in [4.78, 5) is 2.35. The van der Waals surface area contributed by atoms with Crippen molar-refractivity contribution in [3.63, 3.8) is 0 Å². The van der Waals surface area contributed by atoms with Gasteiger partial charge in [-0.3, -0.25) is 0 Å². The average molecular weight is 434 g/mol. The Morgan fingerprint density at radius 2 is 1.73 bits per heavy atom. The van der Waals surface area contributed by atoms with Crippen LogP contribution < -0.4 is 16.8 Å². The van der Waals surface area contributed by atoms with Crippen LogP contribution in [0.2, 0.25) is 0 Å². The van der Waals surface area contributed by atoms with Crippen LogP contribution in [0.1, 0.15) is 32.3 Å². The molecule has 2 rings (SSSR count). The van der Waals surface area contributed by atoms with Crippen LogP contribution in [0.15, 0.2) is 27.3 Å². The van der Waals surface area contributed by atoms with Gasteiger partial charge in [0.15, 0.2) is 0 Å². The predicted octanol–water partition coefficient (Wildman–Crippen LogP) is 3.76. The lowest BCUT2D eigenvalue weighted by atomic mass is 10.1. The third kappa shape index (κ3) is 5.48. The fourth-order valence-electron chi connectivity index (χ4n) is 2.22. The van der Waals surface area contributed by atoms with Gasteiger partial charge < -0.3 is 21.7 Å². The number of rotatable bonds is 3. The van der Waals surface area contributed by atoms with Gasteiger partial charge >= 0.3 is 0 Å². The van der Waals surface area contributed by atoms with Crippen molar-refractivity contribution < 1.29 is 0 Å². The number of hydrogen-bond acceptors (Lipinski definition) is 4. The summed E-state index contributed by atoms with van der Waals surface area (Å²) in [6.45, 7) is 6.26. The Morgan fingerprint density at radius 3 is 2.23 bits per heavy atom. The van der Waals surface area contributed by atoms with E-state index in [1.54, 1.807) is 0 Å². The lowest BCUT2D eigenvalue weighted by Gasteiger charge is -2.29. The number of hydrogen-bond donors (Lipinski definition) is 3. The molecule has 1 fully saturated rings. The Balaban J connectivity index is 0.00000116. The maximum absolute atomic E-state index is 6.13. The molecule has 6 heteroatoms. The second-order valence-corrected chi connectivity index (χ2v) is 6.91. The van der Waals surface area contributed by atoms with E-state index in [-0.39, 0.29) is 0 Å². The highest BCUT2D eigenvalue weighted by atomic mass is 79.9. The lowest BCUT2D eigenvalue weighted by Crippen LogP contribution is -2.39. The maximum Gasteiger partial charge on any atom is 0.0603 e. The van der Waals surface area contributed by atoms with Gasteiger partial charge in [-0.05, 0) is 77.0 Å². The Hall–Kier alpha value is -0.720. The molecule has 5 N–H and O–H groups in total. The van der Waals surface area contributed by atoms with Gasteiger partial charge in [0.25, 0.3) is 0 Å². The van der Waals surface area contributed by atoms with Crippen molar-refractivity contribution in [2.24, 2.45) is 5.73 Å². The first-order valence-corrected chi connectivity index (χ1v) is 9.21. The number of benzene rings is 1. The summed E-state index contributed by atoms with van der Waals surface area (Å²) in [5.74, 6) is 0. The van der Waals surface area contributed by atoms with Crippen LogP contribution in [-0.2, 0) is 0 Å². The number of halogens is 2. The standard InChI is InChI=1S/C14H20Br2N4.C2H6/c1-20-4-2-10(3-5-20)19-8-13(17)9-6-11(15)14(18)12(16)7-9;1-2/h6-8,10,19H,2-5,17-18H2,1H3;1-2H3/b13-8-;. The molecule has 0 radical (unpaired) electrons. The molecule has 0 bridgehead atoms. The quantitative estimate of drug-likeness (QED) is 0.634. The monoisotopic (exact) mass is 432 g/mol. The largest absolute Gasteiger partial charge is 0.397 e. The zero-order chi connectivity index (χ0) is 16.7. The van der Waals surface area contributed by atoms with Gasteiger partial charge in [-0.15, -0.1) is 0 Å². The highest BCUT2D eigenvalue weighted by Crippen LogP contribution is 2.31. The van der Waals surface area contributed by atoms with Crippen molar-refractivity contribution in [1.82, 2.24) is 10.2 Å². The molecule has 4 nitrogen and oxygen atoms in total. The first kappa shape index (κ1) is 19.3. The van der Waals surface area contributed by atoms with E-state index < -0.39 is 0 Å². The summed E-state index contributed by atoms with van der Waals surface area (Å²) in [6, 6.07) is 4.37. The summed E-state index contributed by atoms with van der Waals surface area (Å²) in [5.41, 5.74) is 14.4. The predicted molar refractivity (Wildman–Crippen MR) is 103 cm³/mol. The van der Waals surface area contributed by atoms with Crippen molar-refractivity contribution in [3.05, 3.63) is 32.8 Å². The van der Waals surface area contributed by atoms with E-state index in [4.69, 9.17) is 11.5 Å². The lowest BCUT2D eigenvalue weighted by molar-refractivity contribution is 0.244. The number of piperidine rings is 1. The fourth-order valence-corrected chi connectivity index (χ4v) is 3.40. The summed E-state index contributed by atoms with van der Waals surface area (Å²) >= 11 is 6.87. The number of nitrogens with two attached hydrogens (primary N) is 2. The molecule has 1 aromatic rings. The van der Waals surface area contributed by atoms with E-state index in [9.17, 15) is 0 Å². The molecule has 0 amide bonds. The van der Waals surface area contributed by atoms with Gasteiger partial charge in [-0.25, -0.2) is 0 Å². The average Bonchev–Trinajstić information content (AvgIpc) is 2.53. The molecule has 0 spiro atoms. The first-order valence-electron chi connectivity index (χ1n) is 7.62. The second kappa shape index (κ2) is 9.43. The van der Waals surface area contributed by atoms with Crippen molar-refractivity contribution in [1.29, 1.82) is 0 Å². The number of anilines is 1. The van der Waals surface area contributed by atoms with Gasteiger partial charge in [-0.1, -0.05) is 13.8 Å². The van der Waals surface area contributed by atoms with Gasteiger partial charge in [0.1, 0.15) is 0 Å². The van der Waals surface area contributed by atoms with Crippen molar-refractivity contribution in [2.45, 2.75) is 32.7 Å². The van der Waals surface area contributed by atoms with E-state index in [0.717, 1.165) is 40.4 Å². The molecule has 0 saturated carbocycles. The summed E-state index contributed by atoms with van der Waals surface area (Å²) < 4.78 is 1.69. The third-order valence-corrected chi connectivity index (χ3v) is 4.92. The van der Waals surface area contributed by atoms with Gasteiger partial charge in [0.05, 0.1) is 11.4 Å². The maximum atomic E-state index is 6.13. The Labute approximate surface area is 150 Å². The molecule has 0 unspecified atom stereocenters. The molecule has 1 saturated heterocycles. The molecule has 1 aliphatic heterocycles. The van der Waals surface area contributed by atoms with Crippen LogP contribution in [0.3, 0.4) is 0 Å². The van der Waals surface area contributed by atoms with Gasteiger partial charge in [0.2, 0.25) is 0 Å². The molecule has 1 heterocycles. The van der Waals surface area contributed by atoms with E-state index in [0.29, 0.717) is 17.4 Å². The zero-order valence-corrected chi connectivity index (χ0v) is 16.7. The van der Waals surface area contributed by atoms with E-state index in [2.05, 4.69) is 49.1 Å². The van der Waals surface area contributed by atoms with E-state index in [1.807, 2.05) is 32.2 Å². The normalized spacial score (nSPS) is 16.9. The van der Waals surface area contributed by atoms with Crippen molar-refractivity contribution >= 4 is 43.2 Å². The highest BCUT2D eigenvalue weighted by Gasteiger charge is 2.15. The molecule has 22 heavy (non-hydrogen) atoms. The van der Waals surface area contributed by atoms with Gasteiger partial charge in [0, 0.05) is 26.8 Å². The summed E-state index contributed by atoms with van der Waals surface area (Å²) in [7, 11) is 2.16. The van der Waals surface area contributed by atoms with E-state index >= 15 is 0 Å². The zero-order valence-electron chi connectivity index (χ0n) is 13.5. The SMILES string of the molecule is CC.CN1CCC(N/C=C(\N)c2cc(Br)c(N)c(Br)c2)CC1. The van der Waals surface area contributed by atoms with Crippen LogP contribution in [0.25, 0.3) is 5.70 Å². The minimum atomic E-state index is 0.505. The number of nitrogens with zero attached hydrogens (tertiary/aromatic N) is 1. The number of nitrogens with one attached hydrogen (secondary N) is 1. The minimum Gasteiger partial charge on any atom is -0.397 e. The molecule has 0 aliphatic carbocycles. The number of likely N-dealkylation sites (tertiary alicyclic amines) is 1. The van der Waals surface area contributed by atoms with Crippen LogP contribution in [0.5, 0.6) is 0 Å². The highest BCUT2D eigenvalue weighted by molar-refractivity contribution is 9.11. The second-order valence-electron chi connectivity index (χ2n) is 5.20. The molecular formula is C16H26Br2N4. The number of nitrogen functional groups attached to an aromatic ring is 1. The first-order chi connectivity index (χ1) is 10.5. The van der Waals surface area contributed by atoms with Crippen LogP contribution in [0.4, 0.5) is 5.69 Å². The smallest absolute Gasteiger partial charge is 0.0603 e. The van der Waals surface area contributed by atoms with Crippen LogP contribution >= 0.6 is 31.9 Å². The summed E-state index contributed by atoms with van der Waals surface area (Å²) in [5, 5.41) is 3.42. The van der Waals surface area contributed by atoms with Crippen LogP contribution in [0, 0.1) is 0 Å². The molecule has 1 aliphatic rings. The Kier molecular flexibility index (Phi) is 8.28. The third-order valence-electron chi connectivity index (χ3n) is 3.61.